The van der Waals surface area contributed by atoms with Gasteiger partial charge >= 0.3 is 0 Å². The standard InChI is InChI=1S/C21H31N3O4S/c1-5-22-20(24-15-21(2,25)19-8-6-11-29-19)23-9-7-10-28-18-13-16(26-3)12-17(14-18)27-4/h6,8,11-14,25H,5,7,9-10,15H2,1-4H3,(H2,22,23,24). The molecular weight excluding hydrogens is 390 g/mol. The van der Waals surface area contributed by atoms with Crippen LogP contribution in [-0.2, 0) is 5.60 Å². The molecule has 0 fully saturated rings. The first-order valence-electron chi connectivity index (χ1n) is 9.63. The number of benzene rings is 1. The molecule has 1 heterocycles. The number of methoxy groups -OCH3 is 2. The summed E-state index contributed by atoms with van der Waals surface area (Å²) in [6.07, 6.45) is 0.783. The summed E-state index contributed by atoms with van der Waals surface area (Å²) in [7, 11) is 3.22. The van der Waals surface area contributed by atoms with Crippen molar-refractivity contribution in [2.75, 3.05) is 40.5 Å². The van der Waals surface area contributed by atoms with Crippen LogP contribution in [0.4, 0.5) is 0 Å². The van der Waals surface area contributed by atoms with Crippen LogP contribution in [0.5, 0.6) is 17.2 Å². The Bertz CT molecular complexity index is 741. The lowest BCUT2D eigenvalue weighted by Gasteiger charge is -2.20. The third-order valence-corrected chi connectivity index (χ3v) is 5.27. The molecule has 2 aromatic rings. The number of rotatable bonds is 11. The summed E-state index contributed by atoms with van der Waals surface area (Å²) < 4.78 is 16.3. The number of aliphatic hydroxyl groups is 1. The molecule has 2 rings (SSSR count). The second-order valence-electron chi connectivity index (χ2n) is 6.62. The number of guanidine groups is 1. The SMILES string of the molecule is CCNC(=NCC(C)(O)c1cccs1)NCCCOc1cc(OC)cc(OC)c1. The summed E-state index contributed by atoms with van der Waals surface area (Å²) in [5.74, 6) is 2.76. The zero-order valence-electron chi connectivity index (χ0n) is 17.5. The summed E-state index contributed by atoms with van der Waals surface area (Å²) in [4.78, 5) is 5.42. The smallest absolute Gasteiger partial charge is 0.191 e. The molecule has 0 saturated heterocycles. The molecule has 160 valence electrons. The highest BCUT2D eigenvalue weighted by Gasteiger charge is 2.23. The first-order valence-corrected chi connectivity index (χ1v) is 10.5. The van der Waals surface area contributed by atoms with Gasteiger partial charge in [-0.15, -0.1) is 11.3 Å². The van der Waals surface area contributed by atoms with Crippen molar-refractivity contribution in [3.63, 3.8) is 0 Å². The molecule has 0 aliphatic carbocycles. The van der Waals surface area contributed by atoms with Crippen LogP contribution in [0.3, 0.4) is 0 Å². The molecule has 0 aliphatic heterocycles. The van der Waals surface area contributed by atoms with Crippen LogP contribution in [0.25, 0.3) is 0 Å². The molecule has 3 N–H and O–H groups in total. The van der Waals surface area contributed by atoms with E-state index in [4.69, 9.17) is 14.2 Å². The summed E-state index contributed by atoms with van der Waals surface area (Å²) in [6.45, 7) is 6.04. The van der Waals surface area contributed by atoms with Gasteiger partial charge in [0.05, 0.1) is 27.4 Å². The van der Waals surface area contributed by atoms with Crippen LogP contribution >= 0.6 is 11.3 Å². The molecule has 8 heteroatoms. The number of thiophene rings is 1. The van der Waals surface area contributed by atoms with Gasteiger partial charge in [-0.3, -0.25) is 0 Å². The van der Waals surface area contributed by atoms with Gasteiger partial charge in [-0.2, -0.15) is 0 Å². The van der Waals surface area contributed by atoms with E-state index in [0.29, 0.717) is 36.4 Å². The first-order chi connectivity index (χ1) is 14.0. The van der Waals surface area contributed by atoms with Crippen molar-refractivity contribution in [3.8, 4) is 17.2 Å². The third-order valence-electron chi connectivity index (χ3n) is 4.15. The highest BCUT2D eigenvalue weighted by Crippen LogP contribution is 2.27. The molecule has 1 unspecified atom stereocenters. The Hall–Kier alpha value is -2.45. The number of aliphatic imine (C=N–C) groups is 1. The molecule has 29 heavy (non-hydrogen) atoms. The van der Waals surface area contributed by atoms with E-state index in [0.717, 1.165) is 17.8 Å². The van der Waals surface area contributed by atoms with Crippen molar-refractivity contribution in [3.05, 3.63) is 40.6 Å². The Labute approximate surface area is 176 Å². The number of nitrogens with zero attached hydrogens (tertiary/aromatic N) is 1. The van der Waals surface area contributed by atoms with E-state index in [1.54, 1.807) is 27.2 Å². The highest BCUT2D eigenvalue weighted by atomic mass is 32.1. The van der Waals surface area contributed by atoms with E-state index < -0.39 is 5.60 Å². The largest absolute Gasteiger partial charge is 0.496 e. The fraction of sp³-hybridized carbons (Fsp3) is 0.476. The van der Waals surface area contributed by atoms with Crippen LogP contribution < -0.4 is 24.8 Å². The molecule has 0 amide bonds. The van der Waals surface area contributed by atoms with E-state index in [9.17, 15) is 5.11 Å². The third kappa shape index (κ3) is 7.47. The van der Waals surface area contributed by atoms with E-state index in [-0.39, 0.29) is 6.54 Å². The van der Waals surface area contributed by atoms with Gasteiger partial charge in [0.25, 0.3) is 0 Å². The molecule has 1 aromatic heterocycles. The predicted molar refractivity (Wildman–Crippen MR) is 118 cm³/mol. The summed E-state index contributed by atoms with van der Waals surface area (Å²) in [5, 5.41) is 19.0. The van der Waals surface area contributed by atoms with Gasteiger partial charge in [0.15, 0.2) is 5.96 Å². The highest BCUT2D eigenvalue weighted by molar-refractivity contribution is 7.10. The normalized spacial score (nSPS) is 13.5. The number of hydrogen-bond donors (Lipinski definition) is 3. The minimum absolute atomic E-state index is 0.281. The van der Waals surface area contributed by atoms with Crippen molar-refractivity contribution in [1.29, 1.82) is 0 Å². The van der Waals surface area contributed by atoms with Gasteiger partial charge in [0.1, 0.15) is 22.8 Å². The number of hydrogen-bond acceptors (Lipinski definition) is 6. The molecule has 0 aliphatic rings. The Morgan fingerprint density at radius 3 is 2.41 bits per heavy atom. The fourth-order valence-corrected chi connectivity index (χ4v) is 3.35. The minimum atomic E-state index is -0.981. The fourth-order valence-electron chi connectivity index (χ4n) is 2.57. The molecule has 1 atom stereocenters. The van der Waals surface area contributed by atoms with Crippen molar-refractivity contribution < 1.29 is 19.3 Å². The lowest BCUT2D eigenvalue weighted by Crippen LogP contribution is -2.39. The predicted octanol–water partition coefficient (Wildman–Crippen LogP) is 3.00. The Kier molecular flexibility index (Phi) is 9.08. The number of ether oxygens (including phenoxy) is 3. The van der Waals surface area contributed by atoms with Crippen molar-refractivity contribution in [2.45, 2.75) is 25.9 Å². The zero-order valence-corrected chi connectivity index (χ0v) is 18.3. The lowest BCUT2D eigenvalue weighted by molar-refractivity contribution is 0.0711. The molecule has 0 bridgehead atoms. The van der Waals surface area contributed by atoms with Gasteiger partial charge in [-0.25, -0.2) is 4.99 Å². The van der Waals surface area contributed by atoms with Gasteiger partial charge in [0.2, 0.25) is 0 Å². The second-order valence-corrected chi connectivity index (χ2v) is 7.57. The second kappa shape index (κ2) is 11.5. The lowest BCUT2D eigenvalue weighted by atomic mass is 10.1. The number of nitrogens with one attached hydrogen (secondary N) is 2. The molecule has 0 saturated carbocycles. The van der Waals surface area contributed by atoms with Gasteiger partial charge < -0.3 is 30.0 Å². The summed E-state index contributed by atoms with van der Waals surface area (Å²) in [5.41, 5.74) is -0.981. The van der Waals surface area contributed by atoms with Crippen LogP contribution in [0.1, 0.15) is 25.1 Å². The molecule has 7 nitrogen and oxygen atoms in total. The first kappa shape index (κ1) is 22.8. The van der Waals surface area contributed by atoms with Gasteiger partial charge in [0, 0.05) is 36.2 Å². The topological polar surface area (TPSA) is 84.3 Å². The van der Waals surface area contributed by atoms with Gasteiger partial charge in [-0.1, -0.05) is 6.07 Å². The quantitative estimate of drug-likeness (QED) is 0.294. The van der Waals surface area contributed by atoms with Crippen LogP contribution in [0.2, 0.25) is 0 Å². The Balaban J connectivity index is 1.80. The van der Waals surface area contributed by atoms with E-state index in [1.165, 1.54) is 11.3 Å². The van der Waals surface area contributed by atoms with Crippen molar-refractivity contribution >= 4 is 17.3 Å². The van der Waals surface area contributed by atoms with Crippen LogP contribution in [0.15, 0.2) is 40.7 Å². The van der Waals surface area contributed by atoms with Crippen LogP contribution in [-0.4, -0.2) is 51.5 Å². The summed E-state index contributed by atoms with van der Waals surface area (Å²) in [6, 6.07) is 9.31. The maximum absolute atomic E-state index is 10.6. The van der Waals surface area contributed by atoms with E-state index >= 15 is 0 Å². The van der Waals surface area contributed by atoms with Crippen molar-refractivity contribution in [2.24, 2.45) is 4.99 Å². The summed E-state index contributed by atoms with van der Waals surface area (Å²) >= 11 is 1.53. The van der Waals surface area contributed by atoms with E-state index in [1.807, 2.05) is 36.6 Å². The Morgan fingerprint density at radius 2 is 1.83 bits per heavy atom. The zero-order chi connectivity index (χ0) is 21.1. The van der Waals surface area contributed by atoms with Gasteiger partial charge in [-0.05, 0) is 31.7 Å². The maximum Gasteiger partial charge on any atom is 0.191 e. The molecule has 0 radical (unpaired) electrons. The average molecular weight is 422 g/mol. The van der Waals surface area contributed by atoms with Crippen molar-refractivity contribution in [1.82, 2.24) is 10.6 Å². The maximum atomic E-state index is 10.6. The molecular formula is C21H31N3O4S. The average Bonchev–Trinajstić information content (AvgIpc) is 3.27. The van der Waals surface area contributed by atoms with Crippen LogP contribution in [0, 0.1) is 0 Å². The molecule has 1 aromatic carbocycles. The molecule has 0 spiro atoms. The monoisotopic (exact) mass is 421 g/mol. The van der Waals surface area contributed by atoms with E-state index in [2.05, 4.69) is 15.6 Å². The minimum Gasteiger partial charge on any atom is -0.496 e. The Morgan fingerprint density at radius 1 is 1.14 bits per heavy atom.